The van der Waals surface area contributed by atoms with Crippen LogP contribution in [0.3, 0.4) is 0 Å². The van der Waals surface area contributed by atoms with E-state index < -0.39 is 15.8 Å². The summed E-state index contributed by atoms with van der Waals surface area (Å²) in [6.07, 6.45) is 2.03. The molecule has 100 valence electrons. The van der Waals surface area contributed by atoms with Crippen molar-refractivity contribution < 1.29 is 10.0 Å². The summed E-state index contributed by atoms with van der Waals surface area (Å²) < 4.78 is 1.72. The summed E-state index contributed by atoms with van der Waals surface area (Å²) in [6.45, 7) is 0.131. The summed E-state index contributed by atoms with van der Waals surface area (Å²) in [6, 6.07) is 5.60. The molecule has 1 aromatic heterocycles. The molecule has 0 fully saturated rings. The molecule has 1 N–H and O–H groups in total. The van der Waals surface area contributed by atoms with E-state index in [1.807, 2.05) is 18.2 Å². The van der Waals surface area contributed by atoms with Crippen LogP contribution in [0, 0.1) is 10.1 Å². The number of nitro groups is 1. The first-order valence-electron chi connectivity index (χ1n) is 5.71. The van der Waals surface area contributed by atoms with Gasteiger partial charge in [-0.15, -0.1) is 0 Å². The first-order chi connectivity index (χ1) is 9.13. The molecule has 0 saturated heterocycles. The number of hydrogen-bond donors (Lipinski definition) is 1. The summed E-state index contributed by atoms with van der Waals surface area (Å²) in [5, 5.41) is 21.6. The molecule has 1 heterocycles. The van der Waals surface area contributed by atoms with Crippen molar-refractivity contribution in [3.63, 3.8) is 0 Å². The van der Waals surface area contributed by atoms with Gasteiger partial charge in [-0.1, -0.05) is 0 Å². The van der Waals surface area contributed by atoms with E-state index >= 15 is 0 Å². The molecule has 0 aliphatic heterocycles. The van der Waals surface area contributed by atoms with Gasteiger partial charge in [-0.05, 0) is 0 Å². The van der Waals surface area contributed by atoms with Crippen molar-refractivity contribution in [2.45, 2.75) is 11.6 Å². The molecule has 0 aliphatic carbocycles. The predicted octanol–water partition coefficient (Wildman–Crippen LogP) is 1.77. The standard InChI is InChI=1S/C12H12AsBrN2O3/c14-8-2-3-9-10(6-8)15-7-11(16(18)19)12(9)13-4-1-5-17/h2-3,6-7,13,17H,1,4-5H2. The van der Waals surface area contributed by atoms with Crippen molar-refractivity contribution in [3.8, 4) is 0 Å². The van der Waals surface area contributed by atoms with Crippen LogP contribution in [0.4, 0.5) is 5.69 Å². The number of rotatable bonds is 5. The molecule has 1 aromatic carbocycles. The van der Waals surface area contributed by atoms with Crippen molar-refractivity contribution in [3.05, 3.63) is 39.0 Å². The second-order valence-corrected chi connectivity index (χ2v) is 7.70. The van der Waals surface area contributed by atoms with E-state index in [2.05, 4.69) is 20.9 Å². The molecule has 0 amide bonds. The first kappa shape index (κ1) is 14.4. The van der Waals surface area contributed by atoms with Crippen LogP contribution in [0.2, 0.25) is 5.21 Å². The zero-order chi connectivity index (χ0) is 13.8. The number of benzene rings is 1. The van der Waals surface area contributed by atoms with Crippen LogP contribution < -0.4 is 4.35 Å². The molecule has 1 unspecified atom stereocenters. The Bertz CT molecular complexity index is 621. The van der Waals surface area contributed by atoms with Gasteiger partial charge in [-0.3, -0.25) is 0 Å². The Morgan fingerprint density at radius 2 is 2.26 bits per heavy atom. The zero-order valence-electron chi connectivity index (χ0n) is 9.97. The van der Waals surface area contributed by atoms with E-state index in [0.29, 0.717) is 6.42 Å². The molecular formula is C12H12AsBrN2O3. The quantitative estimate of drug-likeness (QED) is 0.367. The van der Waals surface area contributed by atoms with Gasteiger partial charge in [0.05, 0.1) is 0 Å². The summed E-state index contributed by atoms with van der Waals surface area (Å²) in [7, 11) is 0. The number of aliphatic hydroxyl groups is 1. The molecule has 0 spiro atoms. The summed E-state index contributed by atoms with van der Waals surface area (Å²) in [4.78, 5) is 14.9. The van der Waals surface area contributed by atoms with Crippen molar-refractivity contribution in [1.29, 1.82) is 0 Å². The molecule has 2 rings (SSSR count). The maximum atomic E-state index is 11.1. The van der Waals surface area contributed by atoms with Gasteiger partial charge < -0.3 is 0 Å². The topological polar surface area (TPSA) is 76.3 Å². The van der Waals surface area contributed by atoms with Crippen LogP contribution in [-0.2, 0) is 0 Å². The van der Waals surface area contributed by atoms with E-state index in [9.17, 15) is 10.1 Å². The number of aliphatic hydroxyl groups excluding tert-OH is 1. The monoisotopic (exact) mass is 386 g/mol. The third-order valence-corrected chi connectivity index (χ3v) is 6.25. The van der Waals surface area contributed by atoms with Crippen molar-refractivity contribution in [1.82, 2.24) is 4.98 Å². The zero-order valence-corrected chi connectivity index (χ0v) is 13.7. The van der Waals surface area contributed by atoms with E-state index in [0.717, 1.165) is 24.9 Å². The fourth-order valence-corrected chi connectivity index (χ4v) is 4.90. The minimum atomic E-state index is -0.650. The maximum absolute atomic E-state index is 11.1. The Labute approximate surface area is 125 Å². The summed E-state index contributed by atoms with van der Waals surface area (Å²) >= 11 is 2.72. The fraction of sp³-hybridized carbons (Fsp3) is 0.250. The van der Waals surface area contributed by atoms with Crippen LogP contribution >= 0.6 is 15.9 Å². The third kappa shape index (κ3) is 3.32. The average Bonchev–Trinajstić information content (AvgIpc) is 2.38. The number of nitrogens with zero attached hydrogens (tertiary/aromatic N) is 2. The molecular weight excluding hydrogens is 375 g/mol. The first-order valence-corrected chi connectivity index (χ1v) is 9.03. The second-order valence-electron chi connectivity index (χ2n) is 3.94. The predicted molar refractivity (Wildman–Crippen MR) is 79.4 cm³/mol. The Hall–Kier alpha value is -0.972. The molecule has 5 nitrogen and oxygen atoms in total. The number of hydrogen-bond acceptors (Lipinski definition) is 4. The van der Waals surface area contributed by atoms with Gasteiger partial charge in [-0.2, -0.15) is 0 Å². The molecule has 0 bridgehead atoms. The van der Waals surface area contributed by atoms with Crippen LogP contribution in [0.25, 0.3) is 10.9 Å². The van der Waals surface area contributed by atoms with Crippen LogP contribution in [0.15, 0.2) is 28.9 Å². The van der Waals surface area contributed by atoms with Gasteiger partial charge in [0.2, 0.25) is 0 Å². The van der Waals surface area contributed by atoms with Crippen LogP contribution in [0.5, 0.6) is 0 Å². The van der Waals surface area contributed by atoms with Gasteiger partial charge in [0.1, 0.15) is 0 Å². The van der Waals surface area contributed by atoms with E-state index in [1.165, 1.54) is 6.20 Å². The minimum absolute atomic E-state index is 0.104. The fourth-order valence-electron chi connectivity index (χ4n) is 1.77. The molecule has 0 saturated carbocycles. The number of pyridine rings is 1. The number of fused-ring (bicyclic) bond motifs is 1. The Balaban J connectivity index is 2.52. The van der Waals surface area contributed by atoms with Gasteiger partial charge in [0, 0.05) is 0 Å². The van der Waals surface area contributed by atoms with Gasteiger partial charge in [0.15, 0.2) is 0 Å². The normalized spacial score (nSPS) is 11.5. The number of aromatic nitrogens is 1. The SMILES string of the molecule is O=[N+]([O-])c1cnc2cc(Br)ccc2c1[AsH]CCCO. The second kappa shape index (κ2) is 6.46. The van der Waals surface area contributed by atoms with E-state index in [-0.39, 0.29) is 17.2 Å². The Morgan fingerprint density at radius 1 is 1.47 bits per heavy atom. The van der Waals surface area contributed by atoms with Crippen molar-refractivity contribution >= 4 is 52.6 Å². The van der Waals surface area contributed by atoms with Crippen molar-refractivity contribution in [2.75, 3.05) is 6.61 Å². The van der Waals surface area contributed by atoms with Crippen LogP contribution in [-0.4, -0.2) is 37.4 Å². The van der Waals surface area contributed by atoms with E-state index in [1.54, 1.807) is 0 Å². The van der Waals surface area contributed by atoms with Gasteiger partial charge in [-0.25, -0.2) is 0 Å². The molecule has 0 radical (unpaired) electrons. The molecule has 7 heteroatoms. The van der Waals surface area contributed by atoms with Crippen LogP contribution in [0.1, 0.15) is 6.42 Å². The average molecular weight is 387 g/mol. The molecule has 2 aromatic rings. The molecule has 0 aliphatic rings. The molecule has 1 atom stereocenters. The van der Waals surface area contributed by atoms with E-state index in [4.69, 9.17) is 5.11 Å². The van der Waals surface area contributed by atoms with Crippen molar-refractivity contribution in [2.24, 2.45) is 0 Å². The Morgan fingerprint density at radius 3 is 2.95 bits per heavy atom. The van der Waals surface area contributed by atoms with Gasteiger partial charge >= 0.3 is 125 Å². The number of halogens is 1. The third-order valence-electron chi connectivity index (χ3n) is 2.64. The van der Waals surface area contributed by atoms with Gasteiger partial charge in [0.25, 0.3) is 0 Å². The molecule has 19 heavy (non-hydrogen) atoms. The summed E-state index contributed by atoms with van der Waals surface area (Å²) in [5.41, 5.74) is 0.871. The Kier molecular flexibility index (Phi) is 4.91. The summed E-state index contributed by atoms with van der Waals surface area (Å²) in [5.74, 6) is 0.